The number of nitrogens with zero attached hydrogens (tertiary/aromatic N) is 2. The van der Waals surface area contributed by atoms with Gasteiger partial charge in [0.1, 0.15) is 0 Å². The van der Waals surface area contributed by atoms with E-state index < -0.39 is 10.0 Å². The Morgan fingerprint density at radius 1 is 1.38 bits per heavy atom. The number of nitrogens with one attached hydrogen (secondary N) is 1. The number of hydrogen-bond donors (Lipinski definition) is 1. The molecule has 2 heterocycles. The van der Waals surface area contributed by atoms with Gasteiger partial charge < -0.3 is 4.98 Å². The minimum atomic E-state index is -3.39. The zero-order valence-electron chi connectivity index (χ0n) is 6.84. The van der Waals surface area contributed by atoms with E-state index in [2.05, 4.69) is 9.97 Å². The van der Waals surface area contributed by atoms with E-state index in [1.165, 1.54) is 16.7 Å². The molecule has 0 saturated carbocycles. The summed E-state index contributed by atoms with van der Waals surface area (Å²) in [5.74, 6) is 0. The third kappa shape index (κ3) is 1.38. The van der Waals surface area contributed by atoms with Gasteiger partial charge in [-0.2, -0.15) is 4.31 Å². The van der Waals surface area contributed by atoms with Crippen molar-refractivity contribution in [2.45, 2.75) is 5.16 Å². The first-order valence-corrected chi connectivity index (χ1v) is 5.30. The molecule has 1 N–H and O–H groups in total. The summed E-state index contributed by atoms with van der Waals surface area (Å²) in [6.07, 6.45) is 6.56. The molecule has 1 aromatic heterocycles. The fourth-order valence-electron chi connectivity index (χ4n) is 1.17. The molecule has 13 heavy (non-hydrogen) atoms. The van der Waals surface area contributed by atoms with Gasteiger partial charge in [-0.05, 0) is 0 Å². The fourth-order valence-corrected chi connectivity index (χ4v) is 2.39. The summed E-state index contributed by atoms with van der Waals surface area (Å²) in [6.45, 7) is 0.867. The Morgan fingerprint density at radius 2 is 2.08 bits per heavy atom. The minimum Gasteiger partial charge on any atom is -0.334 e. The normalized spacial score (nSPS) is 18.2. The van der Waals surface area contributed by atoms with Gasteiger partial charge in [0.05, 0.1) is 0 Å². The summed E-state index contributed by atoms with van der Waals surface area (Å²) < 4.78 is 24.7. The number of H-pyrrole nitrogens is 1. The molecule has 70 valence electrons. The highest BCUT2D eigenvalue weighted by atomic mass is 32.2. The van der Waals surface area contributed by atoms with Gasteiger partial charge in [-0.15, -0.1) is 0 Å². The molecule has 0 unspecified atom stereocenters. The third-order valence-electron chi connectivity index (χ3n) is 1.84. The lowest BCUT2D eigenvalue weighted by atomic mass is 10.6. The van der Waals surface area contributed by atoms with E-state index in [-0.39, 0.29) is 5.16 Å². The number of sulfonamides is 1. The molecule has 0 spiro atoms. The number of imidazole rings is 1. The SMILES string of the molecule is O=S(=O)(c1ncc[nH]1)N1CC=CC1. The maximum Gasteiger partial charge on any atom is 0.277 e. The van der Waals surface area contributed by atoms with Crippen LogP contribution in [0.3, 0.4) is 0 Å². The fraction of sp³-hybridized carbons (Fsp3) is 0.286. The zero-order chi connectivity index (χ0) is 9.31. The molecule has 0 fully saturated rings. The van der Waals surface area contributed by atoms with Crippen LogP contribution in [0.1, 0.15) is 0 Å². The summed E-state index contributed by atoms with van der Waals surface area (Å²) in [6, 6.07) is 0. The van der Waals surface area contributed by atoms with Crippen molar-refractivity contribution in [2.24, 2.45) is 0 Å². The van der Waals surface area contributed by atoms with E-state index in [9.17, 15) is 8.42 Å². The Bertz CT molecular complexity index is 399. The van der Waals surface area contributed by atoms with Crippen LogP contribution in [-0.2, 0) is 10.0 Å². The molecule has 6 heteroatoms. The van der Waals surface area contributed by atoms with Gasteiger partial charge in [-0.3, -0.25) is 0 Å². The van der Waals surface area contributed by atoms with E-state index in [4.69, 9.17) is 0 Å². The van der Waals surface area contributed by atoms with Crippen LogP contribution in [0.4, 0.5) is 0 Å². The van der Waals surface area contributed by atoms with E-state index in [0.29, 0.717) is 13.1 Å². The Balaban J connectivity index is 2.32. The van der Waals surface area contributed by atoms with Crippen LogP contribution < -0.4 is 0 Å². The van der Waals surface area contributed by atoms with E-state index in [0.717, 1.165) is 0 Å². The van der Waals surface area contributed by atoms with Crippen LogP contribution in [-0.4, -0.2) is 35.8 Å². The van der Waals surface area contributed by atoms with Crippen molar-refractivity contribution >= 4 is 10.0 Å². The highest BCUT2D eigenvalue weighted by Crippen LogP contribution is 2.13. The van der Waals surface area contributed by atoms with Crippen LogP contribution in [0.5, 0.6) is 0 Å². The first-order valence-electron chi connectivity index (χ1n) is 3.86. The summed E-state index contributed by atoms with van der Waals surface area (Å²) in [5, 5.41) is 0.0104. The molecular formula is C7H9N3O2S. The molecule has 0 radical (unpaired) electrons. The van der Waals surface area contributed by atoms with Crippen LogP contribution in [0, 0.1) is 0 Å². The maximum atomic E-state index is 11.7. The molecule has 0 aliphatic carbocycles. The first kappa shape index (κ1) is 8.46. The molecule has 0 amide bonds. The van der Waals surface area contributed by atoms with Gasteiger partial charge in [-0.25, -0.2) is 13.4 Å². The number of rotatable bonds is 2. The summed E-state index contributed by atoms with van der Waals surface area (Å²) >= 11 is 0. The van der Waals surface area contributed by atoms with E-state index in [1.54, 1.807) is 0 Å². The maximum absolute atomic E-state index is 11.7. The number of aromatic amines is 1. The minimum absolute atomic E-state index is 0.0104. The predicted octanol–water partition coefficient (Wildman–Crippen LogP) is -0.0298. The second-order valence-corrected chi connectivity index (χ2v) is 4.54. The monoisotopic (exact) mass is 199 g/mol. The van der Waals surface area contributed by atoms with Crippen molar-refractivity contribution in [2.75, 3.05) is 13.1 Å². The quantitative estimate of drug-likeness (QED) is 0.680. The zero-order valence-corrected chi connectivity index (χ0v) is 7.66. The predicted molar refractivity (Wildman–Crippen MR) is 46.5 cm³/mol. The Labute approximate surface area is 76.1 Å². The standard InChI is InChI=1S/C7H9N3O2S/c11-13(12,7-8-3-4-9-7)10-5-1-2-6-10/h1-4H,5-6H2,(H,8,9). The third-order valence-corrected chi connectivity index (χ3v) is 3.53. The van der Waals surface area contributed by atoms with E-state index >= 15 is 0 Å². The molecule has 5 nitrogen and oxygen atoms in total. The second kappa shape index (κ2) is 2.97. The topological polar surface area (TPSA) is 66.1 Å². The lowest BCUT2D eigenvalue weighted by molar-refractivity contribution is 0.481. The number of aromatic nitrogens is 2. The Morgan fingerprint density at radius 3 is 2.62 bits per heavy atom. The van der Waals surface area contributed by atoms with Crippen LogP contribution >= 0.6 is 0 Å². The Kier molecular flexibility index (Phi) is 1.93. The molecule has 0 bridgehead atoms. The molecule has 0 saturated heterocycles. The smallest absolute Gasteiger partial charge is 0.277 e. The van der Waals surface area contributed by atoms with Gasteiger partial charge in [0, 0.05) is 25.5 Å². The molecule has 1 aliphatic heterocycles. The van der Waals surface area contributed by atoms with Crippen molar-refractivity contribution in [1.82, 2.24) is 14.3 Å². The largest absolute Gasteiger partial charge is 0.334 e. The van der Waals surface area contributed by atoms with Crippen LogP contribution in [0.25, 0.3) is 0 Å². The summed E-state index contributed by atoms with van der Waals surface area (Å²) in [7, 11) is -3.39. The molecule has 1 aromatic rings. The lowest BCUT2D eigenvalue weighted by Crippen LogP contribution is -2.29. The molecule has 1 aliphatic rings. The van der Waals surface area contributed by atoms with Gasteiger partial charge in [0.15, 0.2) is 0 Å². The van der Waals surface area contributed by atoms with Crippen molar-refractivity contribution in [3.8, 4) is 0 Å². The van der Waals surface area contributed by atoms with Crippen molar-refractivity contribution in [1.29, 1.82) is 0 Å². The second-order valence-electron chi connectivity index (χ2n) is 2.69. The van der Waals surface area contributed by atoms with Gasteiger partial charge in [0.2, 0.25) is 5.16 Å². The molecule has 0 atom stereocenters. The summed E-state index contributed by atoms with van der Waals surface area (Å²) in [5.41, 5.74) is 0. The Hall–Kier alpha value is -1.14. The lowest BCUT2D eigenvalue weighted by Gasteiger charge is -2.12. The molecular weight excluding hydrogens is 190 g/mol. The van der Waals surface area contributed by atoms with Gasteiger partial charge >= 0.3 is 0 Å². The molecule has 0 aromatic carbocycles. The van der Waals surface area contributed by atoms with E-state index in [1.807, 2.05) is 12.2 Å². The average molecular weight is 199 g/mol. The molecule has 2 rings (SSSR count). The van der Waals surface area contributed by atoms with Crippen LogP contribution in [0.2, 0.25) is 0 Å². The highest BCUT2D eigenvalue weighted by molar-refractivity contribution is 7.89. The number of hydrogen-bond acceptors (Lipinski definition) is 3. The van der Waals surface area contributed by atoms with Crippen molar-refractivity contribution < 1.29 is 8.42 Å². The highest BCUT2D eigenvalue weighted by Gasteiger charge is 2.26. The van der Waals surface area contributed by atoms with Gasteiger partial charge in [0.25, 0.3) is 10.0 Å². The summed E-state index contributed by atoms with van der Waals surface area (Å²) in [4.78, 5) is 6.31. The first-order chi connectivity index (χ1) is 6.21. The van der Waals surface area contributed by atoms with Crippen molar-refractivity contribution in [3.05, 3.63) is 24.5 Å². The van der Waals surface area contributed by atoms with Gasteiger partial charge in [-0.1, -0.05) is 12.2 Å². The van der Waals surface area contributed by atoms with Crippen LogP contribution in [0.15, 0.2) is 29.7 Å². The average Bonchev–Trinajstić information content (AvgIpc) is 2.78. The van der Waals surface area contributed by atoms with Crippen molar-refractivity contribution in [3.63, 3.8) is 0 Å².